The fourth-order valence-electron chi connectivity index (χ4n) is 3.47. The van der Waals surface area contributed by atoms with Crippen molar-refractivity contribution in [1.29, 1.82) is 0 Å². The van der Waals surface area contributed by atoms with E-state index in [-0.39, 0.29) is 17.6 Å². The number of hydrogen-bond acceptors (Lipinski definition) is 3. The molecule has 0 saturated carbocycles. The third-order valence-electron chi connectivity index (χ3n) is 5.11. The van der Waals surface area contributed by atoms with Crippen LogP contribution in [-0.4, -0.2) is 17.6 Å². The summed E-state index contributed by atoms with van der Waals surface area (Å²) in [6, 6.07) is 13.7. The SMILES string of the molecule is CC[C@H](Oc1ccc(C)c(C)c1)C(=O)N[C@@H]1CC(C)(C)Oc2ccccc21. The standard InChI is InChI=1S/C23H29NO3/c1-6-20(26-17-12-11-15(2)16(3)13-17)22(25)24-19-14-23(4,5)27-21-10-8-7-9-18(19)21/h7-13,19-20H,6,14H2,1-5H3,(H,24,25)/t19-,20+/m1/s1. The third kappa shape index (κ3) is 4.44. The zero-order valence-electron chi connectivity index (χ0n) is 16.8. The van der Waals surface area contributed by atoms with E-state index in [4.69, 9.17) is 9.47 Å². The predicted molar refractivity (Wildman–Crippen MR) is 107 cm³/mol. The number of carbonyl (C=O) groups excluding carboxylic acids is 1. The highest BCUT2D eigenvalue weighted by molar-refractivity contribution is 5.81. The van der Waals surface area contributed by atoms with E-state index in [1.54, 1.807) is 0 Å². The van der Waals surface area contributed by atoms with Gasteiger partial charge in [-0.05, 0) is 63.4 Å². The minimum absolute atomic E-state index is 0.0881. The lowest BCUT2D eigenvalue weighted by atomic mass is 9.89. The van der Waals surface area contributed by atoms with Crippen molar-refractivity contribution < 1.29 is 14.3 Å². The van der Waals surface area contributed by atoms with Crippen molar-refractivity contribution in [1.82, 2.24) is 5.32 Å². The molecule has 0 aliphatic carbocycles. The number of rotatable bonds is 5. The normalized spacial score (nSPS) is 18.8. The third-order valence-corrected chi connectivity index (χ3v) is 5.11. The van der Waals surface area contributed by atoms with Crippen LogP contribution in [0.1, 0.15) is 56.3 Å². The van der Waals surface area contributed by atoms with Crippen molar-refractivity contribution in [2.24, 2.45) is 0 Å². The molecule has 1 amide bonds. The average Bonchev–Trinajstić information content (AvgIpc) is 2.61. The monoisotopic (exact) mass is 367 g/mol. The Kier molecular flexibility index (Phi) is 5.45. The van der Waals surface area contributed by atoms with Crippen molar-refractivity contribution in [2.45, 2.75) is 65.2 Å². The fourth-order valence-corrected chi connectivity index (χ4v) is 3.47. The van der Waals surface area contributed by atoms with E-state index in [0.29, 0.717) is 6.42 Å². The summed E-state index contributed by atoms with van der Waals surface area (Å²) < 4.78 is 12.1. The molecule has 2 aromatic carbocycles. The maximum absolute atomic E-state index is 12.9. The van der Waals surface area contributed by atoms with Gasteiger partial charge in [-0.2, -0.15) is 0 Å². The molecule has 1 aliphatic heterocycles. The van der Waals surface area contributed by atoms with Gasteiger partial charge in [0.2, 0.25) is 0 Å². The lowest BCUT2D eigenvalue weighted by molar-refractivity contribution is -0.129. The van der Waals surface area contributed by atoms with E-state index >= 15 is 0 Å². The smallest absolute Gasteiger partial charge is 0.261 e. The van der Waals surface area contributed by atoms with Gasteiger partial charge in [-0.3, -0.25) is 4.79 Å². The van der Waals surface area contributed by atoms with Crippen LogP contribution < -0.4 is 14.8 Å². The first-order chi connectivity index (χ1) is 12.8. The molecule has 0 spiro atoms. The minimum Gasteiger partial charge on any atom is -0.487 e. The number of amides is 1. The number of ether oxygens (including phenoxy) is 2. The molecule has 0 fully saturated rings. The summed E-state index contributed by atoms with van der Waals surface area (Å²) in [5.41, 5.74) is 3.05. The number of hydrogen-bond donors (Lipinski definition) is 1. The largest absolute Gasteiger partial charge is 0.487 e. The highest BCUT2D eigenvalue weighted by Crippen LogP contribution is 2.39. The first kappa shape index (κ1) is 19.3. The Morgan fingerprint density at radius 1 is 1.22 bits per heavy atom. The number of para-hydroxylation sites is 1. The van der Waals surface area contributed by atoms with E-state index < -0.39 is 6.10 Å². The van der Waals surface area contributed by atoms with E-state index in [0.717, 1.165) is 29.0 Å². The summed E-state index contributed by atoms with van der Waals surface area (Å²) in [6.07, 6.45) is 0.799. The van der Waals surface area contributed by atoms with Gasteiger partial charge in [0.05, 0.1) is 6.04 Å². The van der Waals surface area contributed by atoms with Crippen molar-refractivity contribution >= 4 is 5.91 Å². The molecule has 2 atom stereocenters. The summed E-state index contributed by atoms with van der Waals surface area (Å²) in [6.45, 7) is 10.2. The second-order valence-electron chi connectivity index (χ2n) is 7.93. The zero-order valence-corrected chi connectivity index (χ0v) is 16.8. The minimum atomic E-state index is -0.523. The second-order valence-corrected chi connectivity index (χ2v) is 7.93. The van der Waals surface area contributed by atoms with E-state index in [9.17, 15) is 4.79 Å². The molecule has 144 valence electrons. The molecular weight excluding hydrogens is 338 g/mol. The van der Waals surface area contributed by atoms with Crippen molar-refractivity contribution in [3.63, 3.8) is 0 Å². The first-order valence-electron chi connectivity index (χ1n) is 9.61. The van der Waals surface area contributed by atoms with Gasteiger partial charge in [-0.1, -0.05) is 31.2 Å². The van der Waals surface area contributed by atoms with Gasteiger partial charge in [0.1, 0.15) is 17.1 Å². The summed E-state index contributed by atoms with van der Waals surface area (Å²) in [5, 5.41) is 3.18. The van der Waals surface area contributed by atoms with Crippen LogP contribution >= 0.6 is 0 Å². The maximum atomic E-state index is 12.9. The molecule has 27 heavy (non-hydrogen) atoms. The molecule has 3 rings (SSSR count). The van der Waals surface area contributed by atoms with Gasteiger partial charge >= 0.3 is 0 Å². The van der Waals surface area contributed by atoms with Crippen LogP contribution in [0.15, 0.2) is 42.5 Å². The van der Waals surface area contributed by atoms with Gasteiger partial charge in [-0.25, -0.2) is 0 Å². The molecule has 1 N–H and O–H groups in total. The van der Waals surface area contributed by atoms with Crippen LogP contribution in [0, 0.1) is 13.8 Å². The van der Waals surface area contributed by atoms with Gasteiger partial charge in [0, 0.05) is 12.0 Å². The Balaban J connectivity index is 1.75. The van der Waals surface area contributed by atoms with Crippen LogP contribution in [0.5, 0.6) is 11.5 Å². The highest BCUT2D eigenvalue weighted by Gasteiger charge is 2.35. The van der Waals surface area contributed by atoms with Crippen LogP contribution in [0.2, 0.25) is 0 Å². The van der Waals surface area contributed by atoms with Gasteiger partial charge in [0.25, 0.3) is 5.91 Å². The number of benzene rings is 2. The maximum Gasteiger partial charge on any atom is 0.261 e. The van der Waals surface area contributed by atoms with Crippen molar-refractivity contribution in [3.8, 4) is 11.5 Å². The van der Waals surface area contributed by atoms with Crippen LogP contribution in [0.3, 0.4) is 0 Å². The van der Waals surface area contributed by atoms with Crippen LogP contribution in [0.25, 0.3) is 0 Å². The summed E-state index contributed by atoms with van der Waals surface area (Å²) >= 11 is 0. The molecule has 0 radical (unpaired) electrons. The van der Waals surface area contributed by atoms with Crippen LogP contribution in [-0.2, 0) is 4.79 Å². The van der Waals surface area contributed by atoms with E-state index in [1.807, 2.05) is 70.2 Å². The highest BCUT2D eigenvalue weighted by atomic mass is 16.5. The number of carbonyl (C=O) groups is 1. The fraction of sp³-hybridized carbons (Fsp3) is 0.435. The lowest BCUT2D eigenvalue weighted by Gasteiger charge is -2.38. The molecule has 0 bridgehead atoms. The Bertz CT molecular complexity index is 828. The van der Waals surface area contributed by atoms with Gasteiger partial charge in [-0.15, -0.1) is 0 Å². The molecule has 4 nitrogen and oxygen atoms in total. The first-order valence-corrected chi connectivity index (χ1v) is 9.61. The number of aryl methyl sites for hydroxylation is 2. The predicted octanol–water partition coefficient (Wildman–Crippen LogP) is 4.88. The number of fused-ring (bicyclic) bond motifs is 1. The Morgan fingerprint density at radius 3 is 2.67 bits per heavy atom. The molecule has 0 saturated heterocycles. The lowest BCUT2D eigenvalue weighted by Crippen LogP contribution is -2.45. The van der Waals surface area contributed by atoms with Gasteiger partial charge < -0.3 is 14.8 Å². The summed E-state index contributed by atoms with van der Waals surface area (Å²) in [4.78, 5) is 12.9. The molecule has 1 heterocycles. The molecule has 2 aromatic rings. The quantitative estimate of drug-likeness (QED) is 0.819. The van der Waals surface area contributed by atoms with Gasteiger partial charge in [0.15, 0.2) is 6.10 Å². The molecular formula is C23H29NO3. The Labute approximate surface area is 161 Å². The molecule has 1 aliphatic rings. The van der Waals surface area contributed by atoms with Crippen LogP contribution in [0.4, 0.5) is 0 Å². The topological polar surface area (TPSA) is 47.6 Å². The van der Waals surface area contributed by atoms with Crippen molar-refractivity contribution in [2.75, 3.05) is 0 Å². The molecule has 4 heteroatoms. The van der Waals surface area contributed by atoms with E-state index in [2.05, 4.69) is 12.2 Å². The zero-order chi connectivity index (χ0) is 19.6. The summed E-state index contributed by atoms with van der Waals surface area (Å²) in [5.74, 6) is 1.48. The summed E-state index contributed by atoms with van der Waals surface area (Å²) in [7, 11) is 0. The molecule has 0 aromatic heterocycles. The Hall–Kier alpha value is -2.49. The van der Waals surface area contributed by atoms with Crippen molar-refractivity contribution in [3.05, 3.63) is 59.2 Å². The number of nitrogens with one attached hydrogen (secondary N) is 1. The second kappa shape index (κ2) is 7.63. The molecule has 0 unspecified atom stereocenters. The average molecular weight is 367 g/mol. The van der Waals surface area contributed by atoms with E-state index in [1.165, 1.54) is 5.56 Å². The Morgan fingerprint density at radius 2 is 1.96 bits per heavy atom.